The van der Waals surface area contributed by atoms with Gasteiger partial charge in [-0.25, -0.2) is 4.79 Å². The summed E-state index contributed by atoms with van der Waals surface area (Å²) in [5.74, 6) is -0.915. The largest absolute Gasteiger partial charge is 0.482 e. The third-order valence-electron chi connectivity index (χ3n) is 3.52. The molecule has 0 aliphatic carbocycles. The summed E-state index contributed by atoms with van der Waals surface area (Å²) in [5.41, 5.74) is 0.775. The molecular weight excluding hydrogens is 376 g/mol. The fourth-order valence-corrected chi connectivity index (χ4v) is 2.24. The minimum atomic E-state index is -0.734. The van der Waals surface area contributed by atoms with Gasteiger partial charge in [-0.05, 0) is 36.8 Å². The van der Waals surface area contributed by atoms with E-state index in [4.69, 9.17) is 21.1 Å². The van der Waals surface area contributed by atoms with Crippen molar-refractivity contribution in [2.75, 3.05) is 13.2 Å². The first-order chi connectivity index (χ1) is 12.8. The lowest BCUT2D eigenvalue weighted by Crippen LogP contribution is -2.31. The Labute approximate surface area is 160 Å². The number of halogens is 1. The van der Waals surface area contributed by atoms with E-state index in [1.54, 1.807) is 31.2 Å². The van der Waals surface area contributed by atoms with E-state index in [-0.39, 0.29) is 17.5 Å². The molecule has 0 heterocycles. The van der Waals surface area contributed by atoms with Gasteiger partial charge in [-0.1, -0.05) is 23.7 Å². The van der Waals surface area contributed by atoms with Crippen molar-refractivity contribution in [3.63, 3.8) is 0 Å². The Morgan fingerprint density at radius 2 is 1.74 bits per heavy atom. The first-order valence-electron chi connectivity index (χ1n) is 7.93. The van der Waals surface area contributed by atoms with Crippen molar-refractivity contribution in [2.45, 2.75) is 13.0 Å². The van der Waals surface area contributed by atoms with Crippen molar-refractivity contribution >= 4 is 29.2 Å². The molecule has 0 saturated heterocycles. The Kier molecular flexibility index (Phi) is 7.13. The normalized spacial score (nSPS) is 11.3. The number of carbonyl (C=O) groups excluding carboxylic acids is 2. The van der Waals surface area contributed by atoms with Crippen LogP contribution in [0.2, 0.25) is 5.02 Å². The van der Waals surface area contributed by atoms with Crippen LogP contribution in [0.5, 0.6) is 5.75 Å². The van der Waals surface area contributed by atoms with E-state index < -0.39 is 30.0 Å². The Hall–Kier alpha value is -3.13. The highest BCUT2D eigenvalue weighted by atomic mass is 35.5. The van der Waals surface area contributed by atoms with Crippen LogP contribution in [-0.4, -0.2) is 30.0 Å². The molecule has 0 unspecified atom stereocenters. The SMILES string of the molecule is C[C@@H](NC(=O)COC(=O)COc1ccc([N+](=O)[O-])cc1)c1ccc(Cl)cc1. The van der Waals surface area contributed by atoms with Crippen molar-refractivity contribution < 1.29 is 24.0 Å². The van der Waals surface area contributed by atoms with Crippen molar-refractivity contribution in [1.29, 1.82) is 0 Å². The van der Waals surface area contributed by atoms with E-state index in [0.717, 1.165) is 5.56 Å². The fraction of sp³-hybridized carbons (Fsp3) is 0.222. The number of benzene rings is 2. The summed E-state index contributed by atoms with van der Waals surface area (Å²) in [6.45, 7) is 0.929. The molecular formula is C18H17ClN2O6. The lowest BCUT2D eigenvalue weighted by atomic mass is 10.1. The standard InChI is InChI=1S/C18H17ClN2O6/c1-12(13-2-4-14(19)5-3-13)20-17(22)10-27-18(23)11-26-16-8-6-15(7-9-16)21(24)25/h2-9,12H,10-11H2,1H3,(H,20,22)/t12-/m1/s1. The number of hydrogen-bond donors (Lipinski definition) is 1. The van der Waals surface area contributed by atoms with E-state index in [0.29, 0.717) is 5.02 Å². The third kappa shape index (κ3) is 6.59. The lowest BCUT2D eigenvalue weighted by molar-refractivity contribution is -0.384. The van der Waals surface area contributed by atoms with Gasteiger partial charge in [-0.2, -0.15) is 0 Å². The van der Waals surface area contributed by atoms with Crippen molar-refractivity contribution in [2.24, 2.45) is 0 Å². The number of nitrogens with zero attached hydrogens (tertiary/aromatic N) is 1. The van der Waals surface area contributed by atoms with Gasteiger partial charge in [0.25, 0.3) is 11.6 Å². The van der Waals surface area contributed by atoms with E-state index in [1.165, 1.54) is 24.3 Å². The minimum Gasteiger partial charge on any atom is -0.482 e. The van der Waals surface area contributed by atoms with Gasteiger partial charge in [0.2, 0.25) is 0 Å². The van der Waals surface area contributed by atoms with E-state index in [9.17, 15) is 19.7 Å². The van der Waals surface area contributed by atoms with Crippen LogP contribution < -0.4 is 10.1 Å². The number of carbonyl (C=O) groups is 2. The van der Waals surface area contributed by atoms with Gasteiger partial charge in [0.05, 0.1) is 11.0 Å². The summed E-state index contributed by atoms with van der Waals surface area (Å²) >= 11 is 5.82. The summed E-state index contributed by atoms with van der Waals surface area (Å²) in [6, 6.07) is 12.0. The molecule has 0 radical (unpaired) electrons. The predicted octanol–water partition coefficient (Wildman–Crippen LogP) is 3.05. The van der Waals surface area contributed by atoms with Crippen molar-refractivity contribution in [3.8, 4) is 5.75 Å². The second-order valence-electron chi connectivity index (χ2n) is 5.54. The number of non-ortho nitro benzene ring substituents is 1. The average molecular weight is 393 g/mol. The second kappa shape index (κ2) is 9.54. The molecule has 1 amide bonds. The molecule has 0 aliphatic rings. The van der Waals surface area contributed by atoms with Crippen LogP contribution in [0.4, 0.5) is 5.69 Å². The molecule has 2 aromatic rings. The molecule has 8 nitrogen and oxygen atoms in total. The number of nitro benzene ring substituents is 1. The van der Waals surface area contributed by atoms with Crippen LogP contribution in [0.25, 0.3) is 0 Å². The van der Waals surface area contributed by atoms with Crippen LogP contribution in [0.1, 0.15) is 18.5 Å². The Morgan fingerprint density at radius 1 is 1.11 bits per heavy atom. The molecule has 1 N–H and O–H groups in total. The molecule has 0 fully saturated rings. The molecule has 0 aliphatic heterocycles. The summed E-state index contributed by atoms with van der Waals surface area (Å²) in [7, 11) is 0. The predicted molar refractivity (Wildman–Crippen MR) is 97.6 cm³/mol. The van der Waals surface area contributed by atoms with Gasteiger partial charge in [-0.15, -0.1) is 0 Å². The number of rotatable bonds is 8. The number of nitro groups is 1. The molecule has 1 atom stereocenters. The van der Waals surface area contributed by atoms with E-state index in [2.05, 4.69) is 5.32 Å². The maximum atomic E-state index is 11.9. The minimum absolute atomic E-state index is 0.0867. The highest BCUT2D eigenvalue weighted by molar-refractivity contribution is 6.30. The highest BCUT2D eigenvalue weighted by Crippen LogP contribution is 2.17. The third-order valence-corrected chi connectivity index (χ3v) is 3.77. The number of amides is 1. The first kappa shape index (κ1) is 20.2. The number of hydrogen-bond acceptors (Lipinski definition) is 6. The van der Waals surface area contributed by atoms with Gasteiger partial charge in [-0.3, -0.25) is 14.9 Å². The van der Waals surface area contributed by atoms with Crippen molar-refractivity contribution in [3.05, 3.63) is 69.2 Å². The van der Waals surface area contributed by atoms with Crippen LogP contribution in [0.3, 0.4) is 0 Å². The van der Waals surface area contributed by atoms with Crippen LogP contribution in [-0.2, 0) is 14.3 Å². The maximum Gasteiger partial charge on any atom is 0.344 e. The maximum absolute atomic E-state index is 11.9. The number of esters is 1. The van der Waals surface area contributed by atoms with Crippen LogP contribution in [0.15, 0.2) is 48.5 Å². The van der Waals surface area contributed by atoms with Crippen molar-refractivity contribution in [1.82, 2.24) is 5.32 Å². The monoisotopic (exact) mass is 392 g/mol. The van der Waals surface area contributed by atoms with Gasteiger partial charge < -0.3 is 14.8 Å². The number of ether oxygens (including phenoxy) is 2. The second-order valence-corrected chi connectivity index (χ2v) is 5.98. The zero-order valence-electron chi connectivity index (χ0n) is 14.4. The number of nitrogens with one attached hydrogen (secondary N) is 1. The first-order valence-corrected chi connectivity index (χ1v) is 8.30. The van der Waals surface area contributed by atoms with Gasteiger partial charge in [0, 0.05) is 17.2 Å². The summed E-state index contributed by atoms with van der Waals surface area (Å²) < 4.78 is 9.99. The van der Waals surface area contributed by atoms with Gasteiger partial charge >= 0.3 is 5.97 Å². The Morgan fingerprint density at radius 3 is 2.33 bits per heavy atom. The van der Waals surface area contributed by atoms with Gasteiger partial charge in [0.15, 0.2) is 13.2 Å². The van der Waals surface area contributed by atoms with Crippen LogP contribution in [0, 0.1) is 10.1 Å². The highest BCUT2D eigenvalue weighted by Gasteiger charge is 2.13. The Bertz CT molecular complexity index is 808. The molecule has 2 aromatic carbocycles. The molecule has 2 rings (SSSR count). The molecule has 0 bridgehead atoms. The lowest BCUT2D eigenvalue weighted by Gasteiger charge is -2.14. The average Bonchev–Trinajstić information content (AvgIpc) is 2.65. The summed E-state index contributed by atoms with van der Waals surface area (Å²) in [4.78, 5) is 33.5. The molecule has 0 saturated carbocycles. The van der Waals surface area contributed by atoms with E-state index >= 15 is 0 Å². The molecule has 0 spiro atoms. The zero-order chi connectivity index (χ0) is 19.8. The quantitative estimate of drug-likeness (QED) is 0.420. The van der Waals surface area contributed by atoms with E-state index in [1.807, 2.05) is 0 Å². The molecule has 0 aromatic heterocycles. The van der Waals surface area contributed by atoms with Gasteiger partial charge in [0.1, 0.15) is 5.75 Å². The fourth-order valence-electron chi connectivity index (χ4n) is 2.11. The Balaban J connectivity index is 1.72. The van der Waals surface area contributed by atoms with Crippen LogP contribution >= 0.6 is 11.6 Å². The molecule has 27 heavy (non-hydrogen) atoms. The summed E-state index contributed by atoms with van der Waals surface area (Å²) in [6.07, 6.45) is 0. The summed E-state index contributed by atoms with van der Waals surface area (Å²) in [5, 5.41) is 13.9. The smallest absolute Gasteiger partial charge is 0.344 e. The zero-order valence-corrected chi connectivity index (χ0v) is 15.1. The topological polar surface area (TPSA) is 108 Å². The molecule has 9 heteroatoms. The molecule has 142 valence electrons.